The number of amides is 3. The lowest BCUT2D eigenvalue weighted by Gasteiger charge is -2.31. The fourth-order valence-corrected chi connectivity index (χ4v) is 3.45. The van der Waals surface area contributed by atoms with Crippen molar-refractivity contribution >= 4 is 17.9 Å². The first-order valence-electron chi connectivity index (χ1n) is 9.66. The van der Waals surface area contributed by atoms with E-state index in [0.717, 1.165) is 5.56 Å². The molecule has 2 aromatic rings. The Labute approximate surface area is 170 Å². The van der Waals surface area contributed by atoms with Gasteiger partial charge in [-0.05, 0) is 24.6 Å². The zero-order valence-electron chi connectivity index (χ0n) is 17.1. The van der Waals surface area contributed by atoms with Gasteiger partial charge in [-0.15, -0.1) is 0 Å². The van der Waals surface area contributed by atoms with Crippen molar-refractivity contribution in [2.75, 3.05) is 6.54 Å². The number of nitrogens with zero attached hydrogens (tertiary/aromatic N) is 1. The van der Waals surface area contributed by atoms with Crippen LogP contribution >= 0.6 is 0 Å². The van der Waals surface area contributed by atoms with Crippen molar-refractivity contribution in [1.82, 2.24) is 10.2 Å². The summed E-state index contributed by atoms with van der Waals surface area (Å²) in [5.74, 6) is -0.685. The van der Waals surface area contributed by atoms with E-state index < -0.39 is 18.2 Å². The van der Waals surface area contributed by atoms with Crippen LogP contribution in [0.3, 0.4) is 0 Å². The molecule has 0 fully saturated rings. The maximum Gasteiger partial charge on any atom is 0.407 e. The van der Waals surface area contributed by atoms with E-state index in [2.05, 4.69) is 5.32 Å². The summed E-state index contributed by atoms with van der Waals surface area (Å²) in [5, 5.41) is 2.69. The second-order valence-corrected chi connectivity index (χ2v) is 8.32. The van der Waals surface area contributed by atoms with Gasteiger partial charge in [0, 0.05) is 12.0 Å². The van der Waals surface area contributed by atoms with E-state index in [-0.39, 0.29) is 23.8 Å². The van der Waals surface area contributed by atoms with E-state index in [1.54, 1.807) is 31.2 Å². The number of alkyl carbamates (subject to hydrolysis) is 1. The minimum atomic E-state index is -0.586. The number of hydrogen-bond donors (Lipinski definition) is 1. The molecule has 1 unspecified atom stereocenters. The highest BCUT2D eigenvalue weighted by Gasteiger charge is 2.38. The quantitative estimate of drug-likeness (QED) is 0.772. The molecule has 2 atom stereocenters. The number of fused-ring (bicyclic) bond motifs is 1. The average Bonchev–Trinajstić information content (AvgIpc) is 2.95. The van der Waals surface area contributed by atoms with Crippen LogP contribution in [0.5, 0.6) is 0 Å². The number of carbonyl (C=O) groups is 3. The molecule has 0 saturated carbocycles. The number of hydrogen-bond acceptors (Lipinski definition) is 4. The van der Waals surface area contributed by atoms with Gasteiger partial charge in [0.25, 0.3) is 11.8 Å². The molecule has 0 spiro atoms. The minimum Gasteiger partial charge on any atom is -0.441 e. The van der Waals surface area contributed by atoms with Crippen molar-refractivity contribution in [1.29, 1.82) is 0 Å². The number of rotatable bonds is 5. The number of benzene rings is 2. The molecule has 3 rings (SSSR count). The number of imide groups is 1. The average molecular weight is 394 g/mol. The molecule has 0 aliphatic carbocycles. The highest BCUT2D eigenvalue weighted by molar-refractivity contribution is 6.21. The van der Waals surface area contributed by atoms with Crippen molar-refractivity contribution in [2.45, 2.75) is 39.8 Å². The maximum absolute atomic E-state index is 12.5. The van der Waals surface area contributed by atoms with Crippen LogP contribution < -0.4 is 5.32 Å². The monoisotopic (exact) mass is 394 g/mol. The van der Waals surface area contributed by atoms with Crippen LogP contribution in [0, 0.1) is 5.41 Å². The van der Waals surface area contributed by atoms with Crippen LogP contribution in [0.15, 0.2) is 54.6 Å². The SMILES string of the molecule is CC(CNC(=O)O[C@@H](c1ccccc1)C(C)(C)C)N1C(=O)c2ccccc2C1=O. The van der Waals surface area contributed by atoms with Gasteiger partial charge in [-0.3, -0.25) is 14.5 Å². The van der Waals surface area contributed by atoms with Gasteiger partial charge in [0.05, 0.1) is 17.2 Å². The Balaban J connectivity index is 1.63. The van der Waals surface area contributed by atoms with Crippen LogP contribution in [0.25, 0.3) is 0 Å². The Morgan fingerprint density at radius 2 is 1.48 bits per heavy atom. The lowest BCUT2D eigenvalue weighted by atomic mass is 9.84. The Bertz CT molecular complexity index is 883. The second-order valence-electron chi connectivity index (χ2n) is 8.32. The molecule has 0 saturated heterocycles. The van der Waals surface area contributed by atoms with Gasteiger partial charge in [-0.2, -0.15) is 0 Å². The summed E-state index contributed by atoms with van der Waals surface area (Å²) < 4.78 is 5.69. The summed E-state index contributed by atoms with van der Waals surface area (Å²) in [7, 11) is 0. The predicted molar refractivity (Wildman–Crippen MR) is 110 cm³/mol. The lowest BCUT2D eigenvalue weighted by Crippen LogP contribution is -2.45. The van der Waals surface area contributed by atoms with Crippen molar-refractivity contribution in [2.24, 2.45) is 5.41 Å². The van der Waals surface area contributed by atoms with Gasteiger partial charge in [0.15, 0.2) is 0 Å². The summed E-state index contributed by atoms with van der Waals surface area (Å²) in [4.78, 5) is 38.7. The number of nitrogens with one attached hydrogen (secondary N) is 1. The third kappa shape index (κ3) is 4.31. The first-order valence-corrected chi connectivity index (χ1v) is 9.66. The normalized spacial score (nSPS) is 15.7. The maximum atomic E-state index is 12.5. The topological polar surface area (TPSA) is 75.7 Å². The molecule has 6 heteroatoms. The van der Waals surface area contributed by atoms with Gasteiger partial charge < -0.3 is 10.1 Å². The van der Waals surface area contributed by atoms with E-state index in [9.17, 15) is 14.4 Å². The first kappa shape index (κ1) is 20.6. The van der Waals surface area contributed by atoms with E-state index >= 15 is 0 Å². The van der Waals surface area contributed by atoms with Crippen molar-refractivity contribution in [3.63, 3.8) is 0 Å². The molecule has 0 radical (unpaired) electrons. The Hall–Kier alpha value is -3.15. The molecule has 0 bridgehead atoms. The number of carbonyl (C=O) groups excluding carboxylic acids is 3. The van der Waals surface area contributed by atoms with Gasteiger partial charge in [-0.1, -0.05) is 63.2 Å². The summed E-state index contributed by atoms with van der Waals surface area (Å²) in [6, 6.07) is 15.8. The Morgan fingerprint density at radius 3 is 2.00 bits per heavy atom. The van der Waals surface area contributed by atoms with Crippen molar-refractivity contribution in [3.8, 4) is 0 Å². The lowest BCUT2D eigenvalue weighted by molar-refractivity contribution is 0.0288. The molecule has 1 aliphatic heterocycles. The highest BCUT2D eigenvalue weighted by atomic mass is 16.6. The van der Waals surface area contributed by atoms with E-state index in [4.69, 9.17) is 4.74 Å². The molecular formula is C23H26N2O4. The largest absolute Gasteiger partial charge is 0.441 e. The zero-order chi connectivity index (χ0) is 21.2. The Kier molecular flexibility index (Phi) is 5.73. The van der Waals surface area contributed by atoms with Gasteiger partial charge in [0.1, 0.15) is 6.10 Å². The minimum absolute atomic E-state index is 0.107. The fraction of sp³-hybridized carbons (Fsp3) is 0.348. The summed E-state index contributed by atoms with van der Waals surface area (Å²) in [5.41, 5.74) is 1.39. The van der Waals surface area contributed by atoms with Gasteiger partial charge in [-0.25, -0.2) is 4.79 Å². The molecule has 6 nitrogen and oxygen atoms in total. The first-order chi connectivity index (χ1) is 13.7. The summed E-state index contributed by atoms with van der Waals surface area (Å²) in [6.45, 7) is 7.83. The predicted octanol–water partition coefficient (Wildman–Crippen LogP) is 4.18. The molecule has 152 valence electrons. The van der Waals surface area contributed by atoms with Crippen LogP contribution in [0.1, 0.15) is 60.1 Å². The van der Waals surface area contributed by atoms with Crippen LogP contribution in [-0.2, 0) is 4.74 Å². The molecule has 0 aromatic heterocycles. The fourth-order valence-electron chi connectivity index (χ4n) is 3.45. The van der Waals surface area contributed by atoms with E-state index in [0.29, 0.717) is 11.1 Å². The second kappa shape index (κ2) is 8.07. The Morgan fingerprint density at radius 1 is 0.966 bits per heavy atom. The summed E-state index contributed by atoms with van der Waals surface area (Å²) in [6.07, 6.45) is -1.02. The molecular weight excluding hydrogens is 368 g/mol. The molecule has 1 aliphatic rings. The number of ether oxygens (including phenoxy) is 1. The highest BCUT2D eigenvalue weighted by Crippen LogP contribution is 2.36. The standard InChI is InChI=1S/C23H26N2O4/c1-15(25-20(26)17-12-8-9-13-18(17)21(25)27)14-24-22(28)29-19(23(2,3)4)16-10-6-5-7-11-16/h5-13,15,19H,14H2,1-4H3,(H,24,28)/t15?,19-/m0/s1. The summed E-state index contributed by atoms with van der Waals surface area (Å²) >= 11 is 0. The van der Waals surface area contributed by atoms with Crippen molar-refractivity contribution < 1.29 is 19.1 Å². The molecule has 2 aromatic carbocycles. The third-order valence-corrected chi connectivity index (χ3v) is 4.92. The van der Waals surface area contributed by atoms with Crippen LogP contribution in [0.4, 0.5) is 4.79 Å². The van der Waals surface area contributed by atoms with Gasteiger partial charge >= 0.3 is 6.09 Å². The molecule has 29 heavy (non-hydrogen) atoms. The van der Waals surface area contributed by atoms with E-state index in [1.807, 2.05) is 51.1 Å². The van der Waals surface area contributed by atoms with Gasteiger partial charge in [0.2, 0.25) is 0 Å². The molecule has 1 heterocycles. The van der Waals surface area contributed by atoms with Crippen molar-refractivity contribution in [3.05, 3.63) is 71.3 Å². The molecule has 1 N–H and O–H groups in total. The van der Waals surface area contributed by atoms with Crippen LogP contribution in [0.2, 0.25) is 0 Å². The molecule has 3 amide bonds. The smallest absolute Gasteiger partial charge is 0.407 e. The third-order valence-electron chi connectivity index (χ3n) is 4.92. The zero-order valence-corrected chi connectivity index (χ0v) is 17.1. The van der Waals surface area contributed by atoms with Crippen LogP contribution in [-0.4, -0.2) is 35.4 Å². The van der Waals surface area contributed by atoms with E-state index in [1.165, 1.54) is 4.90 Å².